The summed E-state index contributed by atoms with van der Waals surface area (Å²) in [6, 6.07) is 2.49. The van der Waals surface area contributed by atoms with Crippen LogP contribution < -0.4 is 15.8 Å². The van der Waals surface area contributed by atoms with Gasteiger partial charge in [0.05, 0.1) is 0 Å². The summed E-state index contributed by atoms with van der Waals surface area (Å²) in [5.74, 6) is -3.74. The molecule has 5 unspecified atom stereocenters. The maximum absolute atomic E-state index is 12.7. The molecule has 1 aromatic rings. The molecule has 3 heterocycles. The number of aliphatic hydroxyl groups is 3. The molecule has 3 aliphatic heterocycles. The average molecular weight is 542 g/mol. The quantitative estimate of drug-likeness (QED) is 0.179. The normalized spacial score (nSPS) is 35.2. The second-order valence-electron chi connectivity index (χ2n) is 9.48. The second kappa shape index (κ2) is 9.74. The van der Waals surface area contributed by atoms with Gasteiger partial charge in [-0.3, -0.25) is 9.59 Å². The summed E-state index contributed by atoms with van der Waals surface area (Å²) in [6.07, 6.45) is -8.84. The summed E-state index contributed by atoms with van der Waals surface area (Å²) >= 11 is 1.29. The minimum Gasteiger partial charge on any atom is -0.480 e. The predicted molar refractivity (Wildman–Crippen MR) is 124 cm³/mol. The Morgan fingerprint density at radius 1 is 1.08 bits per heavy atom. The molecule has 0 aliphatic carbocycles. The lowest BCUT2D eigenvalue weighted by Crippen LogP contribution is -2.71. The van der Waals surface area contributed by atoms with Crippen LogP contribution in [0.3, 0.4) is 0 Å². The molecule has 3 fully saturated rings. The minimum absolute atomic E-state index is 0.0854. The van der Waals surface area contributed by atoms with E-state index in [2.05, 4.69) is 5.32 Å². The maximum Gasteiger partial charge on any atom is 0.335 e. The van der Waals surface area contributed by atoms with Crippen molar-refractivity contribution in [1.82, 2.24) is 10.2 Å². The lowest BCUT2D eigenvalue weighted by molar-refractivity contribution is -0.271. The number of carboxylic acid groups (broad SMARTS) is 2. The molecule has 3 aliphatic rings. The summed E-state index contributed by atoms with van der Waals surface area (Å²) in [5.41, 5.74) is 6.38. The van der Waals surface area contributed by atoms with Gasteiger partial charge >= 0.3 is 11.9 Å². The highest BCUT2D eigenvalue weighted by Gasteiger charge is 2.64. The van der Waals surface area contributed by atoms with Gasteiger partial charge in [-0.15, -0.1) is 11.8 Å². The Balaban J connectivity index is 1.38. The van der Waals surface area contributed by atoms with E-state index in [4.69, 9.17) is 20.3 Å². The summed E-state index contributed by atoms with van der Waals surface area (Å²) in [6.45, 7) is 3.44. The fourth-order valence-electron chi connectivity index (χ4n) is 4.58. The third kappa shape index (κ3) is 4.73. The Labute approximate surface area is 214 Å². The fourth-order valence-corrected chi connectivity index (χ4v) is 6.20. The molecule has 8 N–H and O–H groups in total. The molecule has 0 radical (unpaired) electrons. The summed E-state index contributed by atoms with van der Waals surface area (Å²) in [5, 5.41) is 50.4. The van der Waals surface area contributed by atoms with Crippen LogP contribution in [0.5, 0.6) is 5.75 Å². The van der Waals surface area contributed by atoms with Gasteiger partial charge in [-0.1, -0.05) is 12.1 Å². The Bertz CT molecular complexity index is 1100. The number of ether oxygens (including phenoxy) is 2. The number of aliphatic carboxylic acids is 2. The molecular weight excluding hydrogens is 514 g/mol. The molecule has 0 saturated carbocycles. The van der Waals surface area contributed by atoms with E-state index in [0.29, 0.717) is 5.56 Å². The summed E-state index contributed by atoms with van der Waals surface area (Å²) in [7, 11) is 0. The van der Waals surface area contributed by atoms with Crippen LogP contribution in [0.4, 0.5) is 0 Å². The lowest BCUT2D eigenvalue weighted by Gasteiger charge is -2.43. The van der Waals surface area contributed by atoms with E-state index in [1.54, 1.807) is 13.8 Å². The topological polar surface area (TPSA) is 229 Å². The molecule has 37 heavy (non-hydrogen) atoms. The van der Waals surface area contributed by atoms with Crippen LogP contribution in [-0.4, -0.2) is 107 Å². The highest BCUT2D eigenvalue weighted by molar-refractivity contribution is 8.01. The first-order valence-corrected chi connectivity index (χ1v) is 12.1. The predicted octanol–water partition coefficient (Wildman–Crippen LogP) is -2.41. The molecule has 0 aromatic heterocycles. The van der Waals surface area contributed by atoms with Crippen molar-refractivity contribution < 1.29 is 54.2 Å². The number of nitrogens with two attached hydrogens (primary N) is 1. The number of carbonyl (C=O) groups excluding carboxylic acids is 2. The van der Waals surface area contributed by atoms with E-state index >= 15 is 0 Å². The van der Waals surface area contributed by atoms with Crippen molar-refractivity contribution in [2.75, 3.05) is 0 Å². The first-order valence-electron chi connectivity index (χ1n) is 11.2. The number of carboxylic acids is 2. The zero-order valence-corrected chi connectivity index (χ0v) is 20.4. The van der Waals surface area contributed by atoms with Crippen LogP contribution in [0.2, 0.25) is 0 Å². The van der Waals surface area contributed by atoms with Crippen molar-refractivity contribution in [3.63, 3.8) is 0 Å². The van der Waals surface area contributed by atoms with Crippen LogP contribution in [0.25, 0.3) is 0 Å². The molecule has 0 spiro atoms. The number of carbonyl (C=O) groups is 4. The Hall–Kier alpha value is -2.95. The van der Waals surface area contributed by atoms with E-state index in [1.807, 2.05) is 0 Å². The van der Waals surface area contributed by atoms with Gasteiger partial charge in [0.25, 0.3) is 0 Å². The highest BCUT2D eigenvalue weighted by atomic mass is 32.2. The molecular formula is C22H27N3O11S. The number of thioether (sulfide) groups is 1. The lowest BCUT2D eigenvalue weighted by atomic mass is 9.95. The SMILES string of the molecule is CC1(C)S[C@@H]2[C@H](NC(=O)[C@H](N)c3ccc(OC4OC(C(=O)O)C(O)C(O)C4O)cc3)C(=O)N2[C@H]1C(=O)O. The molecule has 14 nitrogen and oxygen atoms in total. The monoisotopic (exact) mass is 541 g/mol. The van der Waals surface area contributed by atoms with Crippen LogP contribution in [-0.2, 0) is 23.9 Å². The number of β-lactam (4-membered cyclic amide) rings is 1. The van der Waals surface area contributed by atoms with Gasteiger partial charge in [-0.25, -0.2) is 9.59 Å². The molecule has 2 amide bonds. The number of nitrogens with zero attached hydrogens (tertiary/aromatic N) is 1. The first kappa shape index (κ1) is 27.1. The third-order valence-electron chi connectivity index (χ3n) is 6.56. The van der Waals surface area contributed by atoms with Crippen molar-refractivity contribution in [1.29, 1.82) is 0 Å². The van der Waals surface area contributed by atoms with Gasteiger partial charge in [0.1, 0.15) is 47.6 Å². The van der Waals surface area contributed by atoms with Crippen molar-refractivity contribution in [2.24, 2.45) is 5.73 Å². The number of hydrogen-bond acceptors (Lipinski definition) is 11. The van der Waals surface area contributed by atoms with E-state index in [0.717, 1.165) is 0 Å². The number of hydrogen-bond donors (Lipinski definition) is 7. The first-order chi connectivity index (χ1) is 17.2. The molecule has 202 valence electrons. The number of nitrogens with one attached hydrogen (secondary N) is 1. The molecule has 4 rings (SSSR count). The smallest absolute Gasteiger partial charge is 0.335 e. The van der Waals surface area contributed by atoms with Crippen LogP contribution >= 0.6 is 11.8 Å². The number of benzene rings is 1. The van der Waals surface area contributed by atoms with Crippen molar-refractivity contribution >= 4 is 35.5 Å². The minimum atomic E-state index is -1.86. The average Bonchev–Trinajstić information content (AvgIpc) is 3.10. The van der Waals surface area contributed by atoms with Gasteiger partial charge in [0.2, 0.25) is 18.1 Å². The standard InChI is InChI=1S/C22H27N3O11S/c1-22(2)15(20(33)34)25-17(30)10(18(25)37-22)24-16(29)9(23)7-3-5-8(6-4-7)35-21-13(28)11(26)12(27)14(36-21)19(31)32/h3-6,9-15,18,21,26-28H,23H2,1-2H3,(H,24,29)(H,31,32)(H,33,34)/t9-,10-,11?,12?,13?,14?,15+,18-,21?/m1/s1. The largest absolute Gasteiger partial charge is 0.480 e. The van der Waals surface area contributed by atoms with Gasteiger partial charge in [-0.05, 0) is 31.5 Å². The Morgan fingerprint density at radius 2 is 1.70 bits per heavy atom. The number of aliphatic hydroxyl groups excluding tert-OH is 3. The van der Waals surface area contributed by atoms with Gasteiger partial charge in [0, 0.05) is 4.75 Å². The molecule has 1 aromatic carbocycles. The Kier molecular flexibility index (Phi) is 7.13. The Morgan fingerprint density at radius 3 is 2.27 bits per heavy atom. The zero-order chi connectivity index (χ0) is 27.4. The maximum atomic E-state index is 12.7. The van der Waals surface area contributed by atoms with Crippen molar-refractivity contribution in [2.45, 2.75) is 72.8 Å². The number of fused-ring (bicyclic) bond motifs is 1. The fraction of sp³-hybridized carbons (Fsp3) is 0.545. The second-order valence-corrected chi connectivity index (χ2v) is 11.3. The van der Waals surface area contributed by atoms with Crippen LogP contribution in [0, 0.1) is 0 Å². The van der Waals surface area contributed by atoms with E-state index in [9.17, 15) is 39.6 Å². The van der Waals surface area contributed by atoms with Gasteiger partial charge < -0.3 is 51.0 Å². The van der Waals surface area contributed by atoms with Crippen molar-refractivity contribution in [3.05, 3.63) is 29.8 Å². The molecule has 0 bridgehead atoms. The molecule has 15 heteroatoms. The van der Waals surface area contributed by atoms with E-state index < -0.39 is 82.7 Å². The van der Waals surface area contributed by atoms with Crippen LogP contribution in [0.1, 0.15) is 25.5 Å². The van der Waals surface area contributed by atoms with E-state index in [1.165, 1.54) is 40.9 Å². The number of amides is 2. The van der Waals surface area contributed by atoms with Gasteiger partial charge in [-0.2, -0.15) is 0 Å². The highest BCUT2D eigenvalue weighted by Crippen LogP contribution is 2.50. The molecule has 9 atom stereocenters. The summed E-state index contributed by atoms with van der Waals surface area (Å²) in [4.78, 5) is 49.4. The molecule has 3 saturated heterocycles. The van der Waals surface area contributed by atoms with Crippen molar-refractivity contribution in [3.8, 4) is 5.75 Å². The van der Waals surface area contributed by atoms with Gasteiger partial charge in [0.15, 0.2) is 6.10 Å². The third-order valence-corrected chi connectivity index (χ3v) is 8.13. The van der Waals surface area contributed by atoms with E-state index in [-0.39, 0.29) is 5.75 Å². The zero-order valence-electron chi connectivity index (χ0n) is 19.6. The van der Waals surface area contributed by atoms with Crippen LogP contribution in [0.15, 0.2) is 24.3 Å². The summed E-state index contributed by atoms with van der Waals surface area (Å²) < 4.78 is 9.74. The number of rotatable bonds is 7.